The van der Waals surface area contributed by atoms with Gasteiger partial charge in [-0.1, -0.05) is 5.21 Å². The van der Waals surface area contributed by atoms with Gasteiger partial charge in [-0.05, 0) is 51.1 Å². The van der Waals surface area contributed by atoms with Crippen LogP contribution in [0.15, 0.2) is 30.5 Å². The maximum Gasteiger partial charge on any atom is 0.119 e. The van der Waals surface area contributed by atoms with Gasteiger partial charge in [0.25, 0.3) is 0 Å². The molecule has 1 heterocycles. The summed E-state index contributed by atoms with van der Waals surface area (Å²) in [5.41, 5.74) is 7.38. The van der Waals surface area contributed by atoms with E-state index in [1.54, 1.807) is 0 Å². The highest BCUT2D eigenvalue weighted by Crippen LogP contribution is 2.20. The summed E-state index contributed by atoms with van der Waals surface area (Å²) in [6.07, 6.45) is 3.03. The molecule has 19 heavy (non-hydrogen) atoms. The molecule has 0 aliphatic heterocycles. The zero-order valence-corrected chi connectivity index (χ0v) is 11.4. The summed E-state index contributed by atoms with van der Waals surface area (Å²) in [6, 6.07) is 7.90. The van der Waals surface area contributed by atoms with Crippen molar-refractivity contribution in [2.75, 3.05) is 6.54 Å². The van der Waals surface area contributed by atoms with E-state index in [1.807, 2.05) is 49.0 Å². The molecule has 0 fully saturated rings. The van der Waals surface area contributed by atoms with E-state index in [0.29, 0.717) is 6.54 Å². The van der Waals surface area contributed by atoms with Crippen molar-refractivity contribution >= 4 is 0 Å². The first kappa shape index (κ1) is 13.5. The Labute approximate surface area is 113 Å². The lowest BCUT2D eigenvalue weighted by atomic mass is 10.1. The van der Waals surface area contributed by atoms with Crippen LogP contribution < -0.4 is 10.5 Å². The third-order valence-electron chi connectivity index (χ3n) is 2.65. The minimum atomic E-state index is 0.183. The molecular formula is C14H20N4O. The van der Waals surface area contributed by atoms with Crippen LogP contribution in [0.5, 0.6) is 5.75 Å². The Kier molecular flexibility index (Phi) is 4.52. The molecule has 5 nitrogen and oxygen atoms in total. The highest BCUT2D eigenvalue weighted by molar-refractivity contribution is 5.58. The van der Waals surface area contributed by atoms with Crippen LogP contribution in [0.3, 0.4) is 0 Å². The van der Waals surface area contributed by atoms with E-state index < -0.39 is 0 Å². The smallest absolute Gasteiger partial charge is 0.119 e. The number of hydrogen-bond donors (Lipinski definition) is 1. The summed E-state index contributed by atoms with van der Waals surface area (Å²) < 4.78 is 7.43. The molecule has 2 aromatic rings. The Hall–Kier alpha value is -1.88. The van der Waals surface area contributed by atoms with E-state index in [9.17, 15) is 0 Å². The lowest BCUT2D eigenvalue weighted by molar-refractivity contribution is 0.242. The van der Waals surface area contributed by atoms with Crippen molar-refractivity contribution in [3.63, 3.8) is 0 Å². The minimum Gasteiger partial charge on any atom is -0.491 e. The molecule has 0 saturated heterocycles. The van der Waals surface area contributed by atoms with Gasteiger partial charge in [-0.25, -0.2) is 0 Å². The normalized spacial score (nSPS) is 10.9. The third kappa shape index (κ3) is 3.79. The molecule has 102 valence electrons. The molecule has 1 aromatic carbocycles. The van der Waals surface area contributed by atoms with Crippen LogP contribution in [-0.2, 0) is 6.54 Å². The van der Waals surface area contributed by atoms with Crippen molar-refractivity contribution in [2.45, 2.75) is 32.9 Å². The van der Waals surface area contributed by atoms with E-state index in [-0.39, 0.29) is 6.10 Å². The standard InChI is InChI=1S/C14H20N4O/c1-11(2)19-13-6-4-12(5-7-13)14-10-18(17-16-14)9-3-8-15/h4-7,10-11H,3,8-9,15H2,1-2H3. The van der Waals surface area contributed by atoms with Gasteiger partial charge in [-0.3, -0.25) is 4.68 Å². The number of aromatic nitrogens is 3. The van der Waals surface area contributed by atoms with E-state index >= 15 is 0 Å². The van der Waals surface area contributed by atoms with Crippen LogP contribution in [0.1, 0.15) is 20.3 Å². The fourth-order valence-corrected chi connectivity index (χ4v) is 1.77. The number of aryl methyl sites for hydroxylation is 1. The van der Waals surface area contributed by atoms with Gasteiger partial charge in [0, 0.05) is 12.1 Å². The average Bonchev–Trinajstić information content (AvgIpc) is 2.85. The second kappa shape index (κ2) is 6.33. The van der Waals surface area contributed by atoms with Crippen LogP contribution in [0.2, 0.25) is 0 Å². The molecule has 0 atom stereocenters. The molecule has 5 heteroatoms. The van der Waals surface area contributed by atoms with E-state index in [0.717, 1.165) is 30.0 Å². The Balaban J connectivity index is 2.07. The van der Waals surface area contributed by atoms with Crippen molar-refractivity contribution in [3.05, 3.63) is 30.5 Å². The van der Waals surface area contributed by atoms with Gasteiger partial charge >= 0.3 is 0 Å². The van der Waals surface area contributed by atoms with Crippen molar-refractivity contribution < 1.29 is 4.74 Å². The highest BCUT2D eigenvalue weighted by atomic mass is 16.5. The molecule has 0 bridgehead atoms. The Morgan fingerprint density at radius 1 is 1.26 bits per heavy atom. The molecule has 2 rings (SSSR count). The highest BCUT2D eigenvalue weighted by Gasteiger charge is 2.04. The van der Waals surface area contributed by atoms with Gasteiger partial charge in [-0.15, -0.1) is 5.10 Å². The molecule has 0 saturated carbocycles. The first-order valence-corrected chi connectivity index (χ1v) is 6.56. The predicted octanol–water partition coefficient (Wildman–Crippen LogP) is 2.08. The largest absolute Gasteiger partial charge is 0.491 e. The maximum atomic E-state index is 5.61. The monoisotopic (exact) mass is 260 g/mol. The molecule has 0 aliphatic carbocycles. The Bertz CT molecular complexity index is 504. The number of ether oxygens (including phenoxy) is 1. The van der Waals surface area contributed by atoms with Gasteiger partial charge in [-0.2, -0.15) is 0 Å². The SMILES string of the molecule is CC(C)Oc1ccc(-c2cn(CCCN)nn2)cc1. The third-order valence-corrected chi connectivity index (χ3v) is 2.65. The lowest BCUT2D eigenvalue weighted by Crippen LogP contribution is -2.06. The molecule has 0 amide bonds. The molecule has 0 spiro atoms. The van der Waals surface area contributed by atoms with Gasteiger partial charge in [0.15, 0.2) is 0 Å². The summed E-state index contributed by atoms with van der Waals surface area (Å²) in [5.74, 6) is 0.870. The number of nitrogens with zero attached hydrogens (tertiary/aromatic N) is 3. The maximum absolute atomic E-state index is 5.61. The average molecular weight is 260 g/mol. The first-order valence-electron chi connectivity index (χ1n) is 6.56. The van der Waals surface area contributed by atoms with Crippen molar-refractivity contribution in [1.29, 1.82) is 0 Å². The fourth-order valence-electron chi connectivity index (χ4n) is 1.77. The summed E-state index contributed by atoms with van der Waals surface area (Å²) in [5, 5.41) is 8.24. The van der Waals surface area contributed by atoms with E-state index in [1.165, 1.54) is 0 Å². The van der Waals surface area contributed by atoms with Gasteiger partial charge in [0.2, 0.25) is 0 Å². The zero-order valence-electron chi connectivity index (χ0n) is 11.4. The summed E-state index contributed by atoms with van der Waals surface area (Å²) in [6.45, 7) is 5.49. The number of hydrogen-bond acceptors (Lipinski definition) is 4. The van der Waals surface area contributed by atoms with E-state index in [4.69, 9.17) is 10.5 Å². The summed E-state index contributed by atoms with van der Waals surface area (Å²) in [4.78, 5) is 0. The first-order chi connectivity index (χ1) is 9.19. The molecule has 0 aliphatic rings. The minimum absolute atomic E-state index is 0.183. The van der Waals surface area contributed by atoms with Crippen molar-refractivity contribution in [1.82, 2.24) is 15.0 Å². The van der Waals surface area contributed by atoms with Crippen LogP contribution >= 0.6 is 0 Å². The molecule has 1 aromatic heterocycles. The summed E-state index contributed by atoms with van der Waals surface area (Å²) in [7, 11) is 0. The van der Waals surface area contributed by atoms with E-state index in [2.05, 4.69) is 10.3 Å². The summed E-state index contributed by atoms with van der Waals surface area (Å²) >= 11 is 0. The number of benzene rings is 1. The van der Waals surface area contributed by atoms with Crippen LogP contribution in [0.25, 0.3) is 11.3 Å². The predicted molar refractivity (Wildman–Crippen MR) is 74.9 cm³/mol. The van der Waals surface area contributed by atoms with Crippen LogP contribution in [0, 0.1) is 0 Å². The molecule has 0 radical (unpaired) electrons. The Morgan fingerprint density at radius 3 is 2.63 bits per heavy atom. The second-order valence-electron chi connectivity index (χ2n) is 4.70. The van der Waals surface area contributed by atoms with Gasteiger partial charge in [0.05, 0.1) is 12.3 Å². The topological polar surface area (TPSA) is 66.0 Å². The number of rotatable bonds is 6. The van der Waals surface area contributed by atoms with Crippen LogP contribution in [-0.4, -0.2) is 27.6 Å². The van der Waals surface area contributed by atoms with Crippen LogP contribution in [0.4, 0.5) is 0 Å². The van der Waals surface area contributed by atoms with Gasteiger partial charge < -0.3 is 10.5 Å². The fraction of sp³-hybridized carbons (Fsp3) is 0.429. The quantitative estimate of drug-likeness (QED) is 0.863. The molecule has 2 N–H and O–H groups in total. The molecular weight excluding hydrogens is 240 g/mol. The van der Waals surface area contributed by atoms with Crippen molar-refractivity contribution in [2.24, 2.45) is 5.73 Å². The molecule has 0 unspecified atom stereocenters. The zero-order chi connectivity index (χ0) is 13.7. The number of nitrogens with two attached hydrogens (primary N) is 1. The second-order valence-corrected chi connectivity index (χ2v) is 4.70. The van der Waals surface area contributed by atoms with Gasteiger partial charge in [0.1, 0.15) is 11.4 Å². The van der Waals surface area contributed by atoms with Crippen molar-refractivity contribution in [3.8, 4) is 17.0 Å². The lowest BCUT2D eigenvalue weighted by Gasteiger charge is -2.09. The Morgan fingerprint density at radius 2 is 2.00 bits per heavy atom.